The normalized spacial score (nSPS) is 17.4. The van der Waals surface area contributed by atoms with Gasteiger partial charge in [0.1, 0.15) is 5.75 Å². The van der Waals surface area contributed by atoms with Crippen molar-refractivity contribution >= 4 is 5.96 Å². The summed E-state index contributed by atoms with van der Waals surface area (Å²) in [6.45, 7) is 14.7. The van der Waals surface area contributed by atoms with Crippen LogP contribution in [0.15, 0.2) is 29.3 Å². The molecule has 2 N–H and O–H groups in total. The van der Waals surface area contributed by atoms with Gasteiger partial charge in [0.05, 0.1) is 12.6 Å². The third-order valence-corrected chi connectivity index (χ3v) is 4.78. The Morgan fingerprint density at radius 2 is 1.96 bits per heavy atom. The Labute approximate surface area is 159 Å². The number of hydrogen-bond acceptors (Lipinski definition) is 3. The molecule has 0 amide bonds. The van der Waals surface area contributed by atoms with E-state index >= 15 is 0 Å². The van der Waals surface area contributed by atoms with E-state index in [4.69, 9.17) is 9.73 Å². The summed E-state index contributed by atoms with van der Waals surface area (Å²) >= 11 is 0. The summed E-state index contributed by atoms with van der Waals surface area (Å²) in [6.07, 6.45) is 2.02. The minimum absolute atomic E-state index is 0.251. The Morgan fingerprint density at radius 3 is 2.65 bits per heavy atom. The van der Waals surface area contributed by atoms with E-state index in [2.05, 4.69) is 62.3 Å². The lowest BCUT2D eigenvalue weighted by Gasteiger charge is -2.30. The summed E-state index contributed by atoms with van der Waals surface area (Å²) in [7, 11) is 0. The second kappa shape index (κ2) is 10.4. The molecule has 0 aliphatic carbocycles. The molecule has 2 rings (SSSR count). The van der Waals surface area contributed by atoms with Gasteiger partial charge in [-0.2, -0.15) is 0 Å². The highest BCUT2D eigenvalue weighted by molar-refractivity contribution is 5.80. The minimum Gasteiger partial charge on any atom is -0.493 e. The van der Waals surface area contributed by atoms with Crippen molar-refractivity contribution in [3.8, 4) is 5.75 Å². The number of para-hydroxylation sites is 1. The maximum atomic E-state index is 5.76. The first-order valence-corrected chi connectivity index (χ1v) is 10.0. The zero-order valence-corrected chi connectivity index (χ0v) is 17.1. The molecule has 1 heterocycles. The Hall–Kier alpha value is -1.75. The van der Waals surface area contributed by atoms with Crippen molar-refractivity contribution < 1.29 is 4.74 Å². The van der Waals surface area contributed by atoms with E-state index < -0.39 is 0 Å². The van der Waals surface area contributed by atoms with Gasteiger partial charge in [0.25, 0.3) is 0 Å². The fourth-order valence-corrected chi connectivity index (χ4v) is 3.53. The van der Waals surface area contributed by atoms with Gasteiger partial charge in [-0.25, -0.2) is 0 Å². The first kappa shape index (κ1) is 20.6. The van der Waals surface area contributed by atoms with Crippen molar-refractivity contribution in [1.29, 1.82) is 0 Å². The molecule has 0 aromatic heterocycles. The molecule has 1 aromatic carbocycles. The SMILES string of the molecule is CCNC(=NCCCN(C(C)C)C(C)C)NC1CCOc2ccccc21. The van der Waals surface area contributed by atoms with Crippen molar-refractivity contribution in [3.05, 3.63) is 29.8 Å². The smallest absolute Gasteiger partial charge is 0.191 e. The summed E-state index contributed by atoms with van der Waals surface area (Å²) in [4.78, 5) is 7.32. The number of nitrogens with one attached hydrogen (secondary N) is 2. The minimum atomic E-state index is 0.251. The van der Waals surface area contributed by atoms with E-state index in [0.29, 0.717) is 12.1 Å². The lowest BCUT2D eigenvalue weighted by molar-refractivity contribution is 0.174. The van der Waals surface area contributed by atoms with E-state index in [1.165, 1.54) is 5.56 Å². The zero-order chi connectivity index (χ0) is 18.9. The molecular formula is C21H36N4O. The van der Waals surface area contributed by atoms with Crippen LogP contribution in [0.1, 0.15) is 59.1 Å². The number of guanidine groups is 1. The van der Waals surface area contributed by atoms with Crippen molar-refractivity contribution in [2.24, 2.45) is 4.99 Å². The Kier molecular flexibility index (Phi) is 8.23. The average molecular weight is 361 g/mol. The molecule has 5 nitrogen and oxygen atoms in total. The molecule has 5 heteroatoms. The highest BCUT2D eigenvalue weighted by Crippen LogP contribution is 2.31. The molecule has 0 fully saturated rings. The number of fused-ring (bicyclic) bond motifs is 1. The molecule has 1 aliphatic rings. The molecule has 1 aromatic rings. The monoisotopic (exact) mass is 360 g/mol. The van der Waals surface area contributed by atoms with Crippen molar-refractivity contribution in [1.82, 2.24) is 15.5 Å². The maximum Gasteiger partial charge on any atom is 0.191 e. The molecule has 1 atom stereocenters. The van der Waals surface area contributed by atoms with E-state index in [9.17, 15) is 0 Å². The lowest BCUT2D eigenvalue weighted by atomic mass is 10.0. The van der Waals surface area contributed by atoms with Gasteiger partial charge in [-0.15, -0.1) is 0 Å². The summed E-state index contributed by atoms with van der Waals surface area (Å²) in [5.74, 6) is 1.88. The Balaban J connectivity index is 1.93. The third kappa shape index (κ3) is 5.90. The highest BCUT2D eigenvalue weighted by atomic mass is 16.5. The predicted octanol–water partition coefficient (Wildman–Crippen LogP) is 3.57. The average Bonchev–Trinajstić information content (AvgIpc) is 2.61. The highest BCUT2D eigenvalue weighted by Gasteiger charge is 2.21. The molecule has 1 unspecified atom stereocenters. The second-order valence-corrected chi connectivity index (χ2v) is 7.41. The van der Waals surface area contributed by atoms with Crippen LogP contribution < -0.4 is 15.4 Å². The standard InChI is InChI=1S/C21H36N4O/c1-6-22-21(23-13-9-14-25(16(2)3)17(4)5)24-19-12-15-26-20-11-8-7-10-18(19)20/h7-8,10-11,16-17,19H,6,9,12-15H2,1-5H3,(H2,22,23,24). The number of ether oxygens (including phenoxy) is 1. The van der Waals surface area contributed by atoms with E-state index in [1.807, 2.05) is 12.1 Å². The summed E-state index contributed by atoms with van der Waals surface area (Å²) < 4.78 is 5.76. The number of aliphatic imine (C=N–C) groups is 1. The summed E-state index contributed by atoms with van der Waals surface area (Å²) in [5.41, 5.74) is 1.22. The number of nitrogens with zero attached hydrogens (tertiary/aromatic N) is 2. The fraction of sp³-hybridized carbons (Fsp3) is 0.667. The van der Waals surface area contributed by atoms with Crippen LogP contribution in [0.25, 0.3) is 0 Å². The van der Waals surface area contributed by atoms with Gasteiger partial charge >= 0.3 is 0 Å². The predicted molar refractivity (Wildman–Crippen MR) is 110 cm³/mol. The van der Waals surface area contributed by atoms with Crippen LogP contribution in [-0.2, 0) is 0 Å². The molecule has 0 saturated carbocycles. The topological polar surface area (TPSA) is 48.9 Å². The van der Waals surface area contributed by atoms with Gasteiger partial charge in [-0.1, -0.05) is 18.2 Å². The van der Waals surface area contributed by atoms with Crippen LogP contribution in [0.4, 0.5) is 0 Å². The van der Waals surface area contributed by atoms with Crippen LogP contribution in [0.5, 0.6) is 5.75 Å². The van der Waals surface area contributed by atoms with Crippen LogP contribution in [0.2, 0.25) is 0 Å². The molecule has 0 spiro atoms. The Morgan fingerprint density at radius 1 is 1.23 bits per heavy atom. The first-order valence-electron chi connectivity index (χ1n) is 10.0. The van der Waals surface area contributed by atoms with Gasteiger partial charge in [0, 0.05) is 43.7 Å². The Bertz CT molecular complexity index is 563. The van der Waals surface area contributed by atoms with Crippen LogP contribution in [0, 0.1) is 0 Å². The zero-order valence-electron chi connectivity index (χ0n) is 17.1. The van der Waals surface area contributed by atoms with E-state index in [1.54, 1.807) is 0 Å². The van der Waals surface area contributed by atoms with Gasteiger partial charge in [0.15, 0.2) is 5.96 Å². The first-order chi connectivity index (χ1) is 12.5. The van der Waals surface area contributed by atoms with Gasteiger partial charge in [-0.3, -0.25) is 9.89 Å². The van der Waals surface area contributed by atoms with Crippen molar-refractivity contribution in [3.63, 3.8) is 0 Å². The fourth-order valence-electron chi connectivity index (χ4n) is 3.53. The second-order valence-electron chi connectivity index (χ2n) is 7.41. The third-order valence-electron chi connectivity index (χ3n) is 4.78. The molecular weight excluding hydrogens is 324 g/mol. The van der Waals surface area contributed by atoms with E-state index in [-0.39, 0.29) is 6.04 Å². The lowest BCUT2D eigenvalue weighted by Crippen LogP contribution is -2.41. The van der Waals surface area contributed by atoms with Gasteiger partial charge in [-0.05, 0) is 47.1 Å². The molecule has 0 radical (unpaired) electrons. The van der Waals surface area contributed by atoms with E-state index in [0.717, 1.165) is 50.8 Å². The summed E-state index contributed by atoms with van der Waals surface area (Å²) in [5, 5.41) is 6.97. The van der Waals surface area contributed by atoms with Crippen LogP contribution >= 0.6 is 0 Å². The van der Waals surface area contributed by atoms with Gasteiger partial charge < -0.3 is 15.4 Å². The number of benzene rings is 1. The number of rotatable bonds is 8. The molecule has 146 valence electrons. The van der Waals surface area contributed by atoms with Crippen LogP contribution in [0.3, 0.4) is 0 Å². The van der Waals surface area contributed by atoms with Crippen molar-refractivity contribution in [2.45, 2.75) is 65.6 Å². The van der Waals surface area contributed by atoms with Crippen molar-refractivity contribution in [2.75, 3.05) is 26.2 Å². The number of hydrogen-bond donors (Lipinski definition) is 2. The molecule has 0 bridgehead atoms. The van der Waals surface area contributed by atoms with Gasteiger partial charge in [0.2, 0.25) is 0 Å². The quantitative estimate of drug-likeness (QED) is 0.423. The summed E-state index contributed by atoms with van der Waals surface area (Å²) in [6, 6.07) is 9.67. The molecule has 26 heavy (non-hydrogen) atoms. The maximum absolute atomic E-state index is 5.76. The largest absolute Gasteiger partial charge is 0.493 e. The molecule has 0 saturated heterocycles. The van der Waals surface area contributed by atoms with Crippen LogP contribution in [-0.4, -0.2) is 49.2 Å². The molecule has 1 aliphatic heterocycles.